The predicted molar refractivity (Wildman–Crippen MR) is 44.6 cm³/mol. The van der Waals surface area contributed by atoms with Crippen LogP contribution in [-0.2, 0) is 4.79 Å². The first kappa shape index (κ1) is 10.8. The van der Waals surface area contributed by atoms with Gasteiger partial charge in [0, 0.05) is 22.0 Å². The molecule has 1 fully saturated rings. The number of nitrogens with one attached hydrogen (secondary N) is 1. The number of hydrogen-bond acceptors (Lipinski definition) is 1. The van der Waals surface area contributed by atoms with E-state index in [1.807, 2.05) is 15.9 Å². The van der Waals surface area contributed by atoms with Crippen LogP contribution >= 0.6 is 15.9 Å². The molecule has 1 rings (SSSR count). The Hall–Kier alpha value is -0.260. The lowest BCUT2D eigenvalue weighted by Gasteiger charge is -2.14. The van der Waals surface area contributed by atoms with E-state index in [0.717, 1.165) is 0 Å². The molecule has 1 saturated carbocycles. The normalized spacial score (nSPS) is 28.9. The van der Waals surface area contributed by atoms with Crippen LogP contribution in [0.2, 0.25) is 0 Å². The molecule has 6 heteroatoms. The molecule has 0 spiro atoms. The van der Waals surface area contributed by atoms with Crippen molar-refractivity contribution in [2.45, 2.75) is 36.3 Å². The number of amides is 1. The highest BCUT2D eigenvalue weighted by atomic mass is 79.9. The van der Waals surface area contributed by atoms with E-state index in [0.29, 0.717) is 12.8 Å². The van der Waals surface area contributed by atoms with Crippen LogP contribution in [0.25, 0.3) is 0 Å². The van der Waals surface area contributed by atoms with Crippen molar-refractivity contribution in [3.63, 3.8) is 0 Å². The molecule has 2 atom stereocenters. The number of rotatable bonds is 2. The highest BCUT2D eigenvalue weighted by molar-refractivity contribution is 9.10. The van der Waals surface area contributed by atoms with Gasteiger partial charge in [-0.3, -0.25) is 4.79 Å². The SMILES string of the molecule is O=C(NC1CCC(F)C1)C(F)(F)Br. The lowest BCUT2D eigenvalue weighted by Crippen LogP contribution is -2.41. The largest absolute Gasteiger partial charge is 0.377 e. The molecule has 13 heavy (non-hydrogen) atoms. The van der Waals surface area contributed by atoms with Crippen LogP contribution in [0.1, 0.15) is 19.3 Å². The fraction of sp³-hybridized carbons (Fsp3) is 0.857. The highest BCUT2D eigenvalue weighted by Gasteiger charge is 2.37. The first-order valence-corrected chi connectivity index (χ1v) is 4.70. The summed E-state index contributed by atoms with van der Waals surface area (Å²) in [7, 11) is 0. The molecule has 0 saturated heterocycles. The summed E-state index contributed by atoms with van der Waals surface area (Å²) in [4.78, 5) is 7.14. The van der Waals surface area contributed by atoms with Crippen molar-refractivity contribution in [2.24, 2.45) is 0 Å². The van der Waals surface area contributed by atoms with Crippen LogP contribution in [0.4, 0.5) is 13.2 Å². The summed E-state index contributed by atoms with van der Waals surface area (Å²) in [6, 6.07) is -0.453. The lowest BCUT2D eigenvalue weighted by atomic mass is 10.2. The van der Waals surface area contributed by atoms with Crippen LogP contribution in [0.15, 0.2) is 0 Å². The van der Waals surface area contributed by atoms with E-state index in [9.17, 15) is 18.0 Å². The molecule has 0 radical (unpaired) electrons. The van der Waals surface area contributed by atoms with Crippen molar-refractivity contribution >= 4 is 21.8 Å². The van der Waals surface area contributed by atoms with Crippen LogP contribution in [0.5, 0.6) is 0 Å². The van der Waals surface area contributed by atoms with Gasteiger partial charge in [0.2, 0.25) is 0 Å². The van der Waals surface area contributed by atoms with Crippen LogP contribution in [0, 0.1) is 0 Å². The minimum Gasteiger partial charge on any atom is -0.347 e. The molecule has 0 aromatic rings. The van der Waals surface area contributed by atoms with Gasteiger partial charge in [0.05, 0.1) is 0 Å². The maximum atomic E-state index is 12.6. The van der Waals surface area contributed by atoms with E-state index in [4.69, 9.17) is 0 Å². The molecule has 0 aromatic heterocycles. The minimum atomic E-state index is -3.55. The van der Waals surface area contributed by atoms with Crippen molar-refractivity contribution in [1.29, 1.82) is 0 Å². The molecule has 1 N–H and O–H groups in total. The van der Waals surface area contributed by atoms with Gasteiger partial charge in [0.25, 0.3) is 0 Å². The number of halogens is 4. The van der Waals surface area contributed by atoms with Gasteiger partial charge < -0.3 is 5.32 Å². The Morgan fingerprint density at radius 2 is 2.08 bits per heavy atom. The van der Waals surface area contributed by atoms with Gasteiger partial charge in [-0.25, -0.2) is 4.39 Å². The van der Waals surface area contributed by atoms with Crippen molar-refractivity contribution in [1.82, 2.24) is 5.32 Å². The van der Waals surface area contributed by atoms with Crippen molar-refractivity contribution in [2.75, 3.05) is 0 Å². The molecule has 2 unspecified atom stereocenters. The second kappa shape index (κ2) is 3.86. The van der Waals surface area contributed by atoms with Crippen LogP contribution in [-0.4, -0.2) is 23.0 Å². The van der Waals surface area contributed by atoms with Crippen LogP contribution < -0.4 is 5.32 Å². The fourth-order valence-electron chi connectivity index (χ4n) is 1.32. The summed E-state index contributed by atoms with van der Waals surface area (Å²) in [5.41, 5.74) is 0. The molecule has 0 heterocycles. The number of alkyl halides is 4. The minimum absolute atomic E-state index is 0.134. The monoisotopic (exact) mass is 259 g/mol. The van der Waals surface area contributed by atoms with E-state index >= 15 is 0 Å². The summed E-state index contributed by atoms with van der Waals surface area (Å²) in [6.07, 6.45) is -0.0851. The Balaban J connectivity index is 2.37. The molecule has 0 bridgehead atoms. The molecule has 76 valence electrons. The molecule has 0 aromatic carbocycles. The first-order valence-electron chi connectivity index (χ1n) is 3.91. The third-order valence-corrected chi connectivity index (χ3v) is 2.32. The molecule has 2 nitrogen and oxygen atoms in total. The maximum absolute atomic E-state index is 12.6. The van der Waals surface area contributed by atoms with Crippen LogP contribution in [0.3, 0.4) is 0 Å². The van der Waals surface area contributed by atoms with Gasteiger partial charge in [-0.2, -0.15) is 8.78 Å². The van der Waals surface area contributed by atoms with Crippen molar-refractivity contribution in [3.05, 3.63) is 0 Å². The van der Waals surface area contributed by atoms with E-state index in [2.05, 4.69) is 5.32 Å². The quantitative estimate of drug-likeness (QED) is 0.756. The summed E-state index contributed by atoms with van der Waals surface area (Å²) in [5, 5.41) is 2.07. The Bertz CT molecular complexity index is 206. The molecule has 0 aliphatic heterocycles. The highest BCUT2D eigenvalue weighted by Crippen LogP contribution is 2.25. The maximum Gasteiger partial charge on any atom is 0.377 e. The second-order valence-corrected chi connectivity index (χ2v) is 4.07. The Morgan fingerprint density at radius 3 is 2.46 bits per heavy atom. The van der Waals surface area contributed by atoms with E-state index in [1.54, 1.807) is 0 Å². The molecular formula is C7H9BrF3NO. The average Bonchev–Trinajstić information content (AvgIpc) is 2.33. The number of carbonyl (C=O) groups is 1. The Kier molecular flexibility index (Phi) is 3.21. The zero-order valence-corrected chi connectivity index (χ0v) is 8.28. The zero-order valence-electron chi connectivity index (χ0n) is 6.70. The van der Waals surface area contributed by atoms with Gasteiger partial charge in [0.15, 0.2) is 0 Å². The summed E-state index contributed by atoms with van der Waals surface area (Å²) < 4.78 is 37.1. The number of carbonyl (C=O) groups excluding carboxylic acids is 1. The van der Waals surface area contributed by atoms with E-state index in [1.165, 1.54) is 0 Å². The Labute approximate surface area is 82.0 Å². The standard InChI is InChI=1S/C7H9BrF3NO/c8-7(10,11)6(13)12-5-2-1-4(9)3-5/h4-5H,1-3H2,(H,12,13). The third kappa shape index (κ3) is 3.17. The lowest BCUT2D eigenvalue weighted by molar-refractivity contribution is -0.134. The zero-order chi connectivity index (χ0) is 10.1. The third-order valence-electron chi connectivity index (χ3n) is 1.96. The van der Waals surface area contributed by atoms with Gasteiger partial charge >= 0.3 is 10.7 Å². The van der Waals surface area contributed by atoms with Crippen molar-refractivity contribution in [3.8, 4) is 0 Å². The summed E-state index contributed by atoms with van der Waals surface area (Å²) >= 11 is 1.93. The van der Waals surface area contributed by atoms with E-state index < -0.39 is 23.0 Å². The van der Waals surface area contributed by atoms with Gasteiger partial charge in [-0.05, 0) is 19.3 Å². The Morgan fingerprint density at radius 1 is 1.46 bits per heavy atom. The topological polar surface area (TPSA) is 29.1 Å². The molecular weight excluding hydrogens is 251 g/mol. The molecule has 1 aliphatic rings. The van der Waals surface area contributed by atoms with Gasteiger partial charge in [-0.1, -0.05) is 0 Å². The molecule has 1 aliphatic carbocycles. The smallest absolute Gasteiger partial charge is 0.347 e. The van der Waals surface area contributed by atoms with Gasteiger partial charge in [0.1, 0.15) is 6.17 Å². The summed E-state index contributed by atoms with van der Waals surface area (Å²) in [5.74, 6) is -1.40. The van der Waals surface area contributed by atoms with Gasteiger partial charge in [-0.15, -0.1) is 0 Å². The van der Waals surface area contributed by atoms with E-state index in [-0.39, 0.29) is 6.42 Å². The first-order chi connectivity index (χ1) is 5.89. The summed E-state index contributed by atoms with van der Waals surface area (Å²) in [6.45, 7) is 0. The van der Waals surface area contributed by atoms with Crippen molar-refractivity contribution < 1.29 is 18.0 Å². The number of hydrogen-bond donors (Lipinski definition) is 1. The molecule has 1 amide bonds. The fourth-order valence-corrected chi connectivity index (χ4v) is 1.44. The average molecular weight is 260 g/mol. The predicted octanol–water partition coefficient (Wildman–Crippen LogP) is 1.98. The second-order valence-electron chi connectivity index (χ2n) is 3.08.